The number of carbonyl (C=O) groups excluding carboxylic acids is 1. The number of hydrogen-bond donors (Lipinski definition) is 1. The Kier molecular flexibility index (Phi) is 5.32. The molecule has 0 bridgehead atoms. The van der Waals surface area contributed by atoms with Crippen molar-refractivity contribution in [3.05, 3.63) is 69.6 Å². The number of para-hydroxylation sites is 1. The van der Waals surface area contributed by atoms with E-state index in [0.29, 0.717) is 48.4 Å². The predicted molar refractivity (Wildman–Crippen MR) is 117 cm³/mol. The van der Waals surface area contributed by atoms with Crippen LogP contribution >= 0.6 is 0 Å². The quantitative estimate of drug-likeness (QED) is 0.657. The first-order valence-corrected chi connectivity index (χ1v) is 10.6. The summed E-state index contributed by atoms with van der Waals surface area (Å²) in [5, 5.41) is 10.5. The van der Waals surface area contributed by atoms with E-state index in [9.17, 15) is 14.7 Å². The van der Waals surface area contributed by atoms with Gasteiger partial charge in [0.1, 0.15) is 5.58 Å². The first-order chi connectivity index (χ1) is 15.6. The van der Waals surface area contributed by atoms with Gasteiger partial charge in [0.2, 0.25) is 5.76 Å². The van der Waals surface area contributed by atoms with Gasteiger partial charge in [0.15, 0.2) is 16.9 Å². The van der Waals surface area contributed by atoms with Crippen molar-refractivity contribution >= 4 is 16.9 Å². The number of methoxy groups -OCH3 is 1. The van der Waals surface area contributed by atoms with Gasteiger partial charge in [-0.1, -0.05) is 18.2 Å². The smallest absolute Gasteiger partial charge is 0.290 e. The van der Waals surface area contributed by atoms with Gasteiger partial charge in [0, 0.05) is 26.2 Å². The summed E-state index contributed by atoms with van der Waals surface area (Å²) in [6, 6.07) is 11.2. The highest BCUT2D eigenvalue weighted by molar-refractivity contribution is 5.99. The van der Waals surface area contributed by atoms with E-state index in [1.807, 2.05) is 0 Å². The molecule has 32 heavy (non-hydrogen) atoms. The van der Waals surface area contributed by atoms with Crippen LogP contribution in [0.15, 0.2) is 51.7 Å². The second kappa shape index (κ2) is 8.29. The molecule has 1 saturated heterocycles. The summed E-state index contributed by atoms with van der Waals surface area (Å²) < 4.78 is 16.6. The molecule has 0 radical (unpaired) electrons. The van der Waals surface area contributed by atoms with Crippen molar-refractivity contribution in [2.45, 2.75) is 6.04 Å². The Morgan fingerprint density at radius 3 is 2.66 bits per heavy atom. The zero-order valence-corrected chi connectivity index (χ0v) is 17.7. The van der Waals surface area contributed by atoms with Gasteiger partial charge in [0.05, 0.1) is 37.3 Å². The first kappa shape index (κ1) is 20.5. The minimum absolute atomic E-state index is 0.00814. The Bertz CT molecular complexity index is 1230. The van der Waals surface area contributed by atoms with Crippen LogP contribution in [0.3, 0.4) is 0 Å². The van der Waals surface area contributed by atoms with E-state index in [2.05, 4.69) is 4.90 Å². The second-order valence-corrected chi connectivity index (χ2v) is 7.96. The van der Waals surface area contributed by atoms with Gasteiger partial charge in [-0.05, 0) is 29.8 Å². The number of phenols is 1. The monoisotopic (exact) mass is 436 g/mol. The molecule has 1 amide bonds. The van der Waals surface area contributed by atoms with E-state index in [-0.39, 0.29) is 28.6 Å². The van der Waals surface area contributed by atoms with Crippen molar-refractivity contribution in [2.24, 2.45) is 0 Å². The van der Waals surface area contributed by atoms with Crippen molar-refractivity contribution in [2.75, 3.05) is 46.5 Å². The molecule has 0 saturated carbocycles. The fourth-order valence-corrected chi connectivity index (χ4v) is 4.48. The van der Waals surface area contributed by atoms with E-state index in [0.717, 1.165) is 13.1 Å². The molecule has 1 fully saturated rings. The predicted octanol–water partition coefficient (Wildman–Crippen LogP) is 2.38. The Morgan fingerprint density at radius 1 is 1.09 bits per heavy atom. The SMILES string of the molecule is COc1cc(C2c3c(oc4ccccc4c3=O)C(=O)N2CCN2CCOCC2)ccc1O. The van der Waals surface area contributed by atoms with E-state index in [1.54, 1.807) is 41.3 Å². The number of phenolic OH excluding ortho intramolecular Hbond substituents is 1. The Hall–Kier alpha value is -3.36. The normalized spacial score (nSPS) is 18.8. The molecular formula is C24H24N2O6. The molecule has 1 N–H and O–H groups in total. The zero-order valence-electron chi connectivity index (χ0n) is 17.7. The van der Waals surface area contributed by atoms with Crippen molar-refractivity contribution in [1.82, 2.24) is 9.80 Å². The molecule has 1 atom stereocenters. The molecule has 3 aromatic rings. The number of amides is 1. The van der Waals surface area contributed by atoms with Gasteiger partial charge in [-0.15, -0.1) is 0 Å². The number of ether oxygens (including phenoxy) is 2. The molecule has 8 heteroatoms. The lowest BCUT2D eigenvalue weighted by molar-refractivity contribution is 0.0314. The van der Waals surface area contributed by atoms with Gasteiger partial charge >= 0.3 is 0 Å². The lowest BCUT2D eigenvalue weighted by Gasteiger charge is -2.31. The van der Waals surface area contributed by atoms with E-state index in [1.165, 1.54) is 13.2 Å². The summed E-state index contributed by atoms with van der Waals surface area (Å²) in [4.78, 5) is 30.8. The fourth-order valence-electron chi connectivity index (χ4n) is 4.48. The van der Waals surface area contributed by atoms with Gasteiger partial charge < -0.3 is 23.9 Å². The van der Waals surface area contributed by atoms with Crippen LogP contribution in [0.25, 0.3) is 11.0 Å². The summed E-state index contributed by atoms with van der Waals surface area (Å²) >= 11 is 0. The van der Waals surface area contributed by atoms with Crippen molar-refractivity contribution < 1.29 is 23.8 Å². The molecule has 1 unspecified atom stereocenters. The zero-order chi connectivity index (χ0) is 22.2. The van der Waals surface area contributed by atoms with Gasteiger partial charge in [-0.3, -0.25) is 14.5 Å². The van der Waals surface area contributed by atoms with Crippen LogP contribution in [-0.2, 0) is 4.74 Å². The van der Waals surface area contributed by atoms with Crippen LogP contribution in [0.1, 0.15) is 27.7 Å². The molecule has 0 spiro atoms. The number of rotatable bonds is 5. The number of benzene rings is 2. The molecule has 5 rings (SSSR count). The lowest BCUT2D eigenvalue weighted by atomic mass is 9.98. The van der Waals surface area contributed by atoms with Crippen molar-refractivity contribution in [1.29, 1.82) is 0 Å². The standard InChI is InChI=1S/C24H24N2O6/c1-30-19-14-15(6-7-17(19)27)21-20-22(28)16-4-2-3-5-18(16)32-23(20)24(29)26(21)9-8-25-10-12-31-13-11-25/h2-7,14,21,27H,8-13H2,1H3. The first-order valence-electron chi connectivity index (χ1n) is 10.6. The average Bonchev–Trinajstić information content (AvgIpc) is 3.10. The van der Waals surface area contributed by atoms with Crippen molar-refractivity contribution in [3.63, 3.8) is 0 Å². The fraction of sp³-hybridized carbons (Fsp3) is 0.333. The highest BCUT2D eigenvalue weighted by atomic mass is 16.5. The van der Waals surface area contributed by atoms with Gasteiger partial charge in [0.25, 0.3) is 5.91 Å². The van der Waals surface area contributed by atoms with E-state index in [4.69, 9.17) is 13.9 Å². The summed E-state index contributed by atoms with van der Waals surface area (Å²) in [6.45, 7) is 4.01. The molecule has 2 aliphatic rings. The molecule has 2 aromatic carbocycles. The van der Waals surface area contributed by atoms with Crippen LogP contribution in [0.5, 0.6) is 11.5 Å². The molecular weight excluding hydrogens is 412 g/mol. The summed E-state index contributed by atoms with van der Waals surface area (Å²) in [6.07, 6.45) is 0. The molecule has 166 valence electrons. The number of morpholine rings is 1. The highest BCUT2D eigenvalue weighted by Crippen LogP contribution is 2.40. The molecule has 2 aliphatic heterocycles. The summed E-state index contributed by atoms with van der Waals surface area (Å²) in [7, 11) is 1.46. The summed E-state index contributed by atoms with van der Waals surface area (Å²) in [5.41, 5.74) is 1.17. The average molecular weight is 436 g/mol. The van der Waals surface area contributed by atoms with Crippen LogP contribution in [0.2, 0.25) is 0 Å². The number of aromatic hydroxyl groups is 1. The van der Waals surface area contributed by atoms with Gasteiger partial charge in [-0.25, -0.2) is 0 Å². The third kappa shape index (κ3) is 3.41. The Balaban J connectivity index is 1.61. The summed E-state index contributed by atoms with van der Waals surface area (Å²) in [5.74, 6) is 0.0359. The maximum Gasteiger partial charge on any atom is 0.290 e. The van der Waals surface area contributed by atoms with E-state index < -0.39 is 6.04 Å². The maximum atomic E-state index is 13.5. The molecule has 1 aromatic heterocycles. The van der Waals surface area contributed by atoms with Crippen LogP contribution in [-0.4, -0.2) is 67.3 Å². The molecule has 8 nitrogen and oxygen atoms in total. The number of fused-ring (bicyclic) bond motifs is 2. The second-order valence-electron chi connectivity index (χ2n) is 7.96. The Morgan fingerprint density at radius 2 is 1.88 bits per heavy atom. The minimum atomic E-state index is -0.631. The van der Waals surface area contributed by atoms with Gasteiger partial charge in [-0.2, -0.15) is 0 Å². The topological polar surface area (TPSA) is 92.5 Å². The van der Waals surface area contributed by atoms with Crippen LogP contribution in [0.4, 0.5) is 0 Å². The number of carbonyl (C=O) groups is 1. The maximum absolute atomic E-state index is 13.5. The molecule has 3 heterocycles. The lowest BCUT2D eigenvalue weighted by Crippen LogP contribution is -2.42. The van der Waals surface area contributed by atoms with E-state index >= 15 is 0 Å². The van der Waals surface area contributed by atoms with Crippen LogP contribution < -0.4 is 10.2 Å². The number of nitrogens with zero attached hydrogens (tertiary/aromatic N) is 2. The minimum Gasteiger partial charge on any atom is -0.504 e. The highest BCUT2D eigenvalue weighted by Gasteiger charge is 2.43. The Labute approximate surface area is 184 Å². The molecule has 0 aliphatic carbocycles. The third-order valence-electron chi connectivity index (χ3n) is 6.15. The van der Waals surface area contributed by atoms with Crippen LogP contribution in [0, 0.1) is 0 Å². The largest absolute Gasteiger partial charge is 0.504 e. The van der Waals surface area contributed by atoms with Crippen molar-refractivity contribution in [3.8, 4) is 11.5 Å². The third-order valence-corrected chi connectivity index (χ3v) is 6.15. The number of hydrogen-bond acceptors (Lipinski definition) is 7.